The van der Waals surface area contributed by atoms with Gasteiger partial charge in [-0.3, -0.25) is 9.59 Å². The van der Waals surface area contributed by atoms with Crippen molar-refractivity contribution in [3.8, 4) is 0 Å². The molecule has 1 N–H and O–H groups in total. The Bertz CT molecular complexity index is 1140. The molecule has 0 aliphatic carbocycles. The standard InChI is InChI=1S/C28H33F6N3O2/c1-17-9-8-10-18(2)24(17)36(4)26(39)19(3)23(16-37-11-6-5-7-12-37)25(38)35-22-14-20(27(29,30)31)13-21(15-22)28(32,33)34/h8-10,13-15,19,23H,5-7,11-12,16H2,1-4H3,(H,35,38). The monoisotopic (exact) mass is 557 g/mol. The number of aryl methyl sites for hydroxylation is 2. The van der Waals surface area contributed by atoms with Crippen LogP contribution in [0.15, 0.2) is 36.4 Å². The summed E-state index contributed by atoms with van der Waals surface area (Å²) in [6.45, 7) is 6.76. The highest BCUT2D eigenvalue weighted by atomic mass is 19.4. The number of hydrogen-bond donors (Lipinski definition) is 1. The normalized spacial score (nSPS) is 16.5. The molecule has 11 heteroatoms. The molecule has 0 saturated carbocycles. The highest BCUT2D eigenvalue weighted by Crippen LogP contribution is 2.38. The van der Waals surface area contributed by atoms with Crippen LogP contribution in [0.3, 0.4) is 0 Å². The van der Waals surface area contributed by atoms with Crippen molar-refractivity contribution in [2.75, 3.05) is 36.9 Å². The minimum atomic E-state index is -5.05. The number of piperidine rings is 1. The maximum Gasteiger partial charge on any atom is 0.416 e. The smallest absolute Gasteiger partial charge is 0.326 e. The lowest BCUT2D eigenvalue weighted by molar-refractivity contribution is -0.143. The molecule has 1 heterocycles. The zero-order valence-electron chi connectivity index (χ0n) is 22.3. The van der Waals surface area contributed by atoms with Gasteiger partial charge in [0, 0.05) is 30.9 Å². The van der Waals surface area contributed by atoms with Gasteiger partial charge in [-0.1, -0.05) is 31.5 Å². The van der Waals surface area contributed by atoms with Crippen molar-refractivity contribution in [2.24, 2.45) is 11.8 Å². The summed E-state index contributed by atoms with van der Waals surface area (Å²) in [4.78, 5) is 30.5. The fourth-order valence-electron chi connectivity index (χ4n) is 5.07. The molecular weight excluding hydrogens is 524 g/mol. The molecule has 1 aliphatic rings. The van der Waals surface area contributed by atoms with Crippen molar-refractivity contribution in [3.05, 3.63) is 58.7 Å². The van der Waals surface area contributed by atoms with Crippen molar-refractivity contribution in [3.63, 3.8) is 0 Å². The molecule has 0 spiro atoms. The maximum absolute atomic E-state index is 13.6. The highest BCUT2D eigenvalue weighted by Gasteiger charge is 2.38. The number of rotatable bonds is 7. The van der Waals surface area contributed by atoms with E-state index in [0.29, 0.717) is 30.9 Å². The van der Waals surface area contributed by atoms with Gasteiger partial charge in [-0.15, -0.1) is 0 Å². The molecule has 1 saturated heterocycles. The van der Waals surface area contributed by atoms with Gasteiger partial charge in [0.05, 0.1) is 17.0 Å². The summed E-state index contributed by atoms with van der Waals surface area (Å²) in [6.07, 6.45) is -7.30. The van der Waals surface area contributed by atoms with Gasteiger partial charge in [0.25, 0.3) is 0 Å². The third-order valence-electron chi connectivity index (χ3n) is 7.19. The van der Waals surface area contributed by atoms with Crippen molar-refractivity contribution >= 4 is 23.2 Å². The van der Waals surface area contributed by atoms with E-state index in [2.05, 4.69) is 5.32 Å². The van der Waals surface area contributed by atoms with E-state index < -0.39 is 46.9 Å². The number of para-hydroxylation sites is 1. The average Bonchev–Trinajstić information content (AvgIpc) is 2.85. The van der Waals surface area contributed by atoms with Crippen molar-refractivity contribution in [1.82, 2.24) is 4.90 Å². The molecule has 2 amide bonds. The van der Waals surface area contributed by atoms with Crippen LogP contribution in [0.25, 0.3) is 0 Å². The SMILES string of the molecule is Cc1cccc(C)c1N(C)C(=O)C(C)C(CN1CCCCC1)C(=O)Nc1cc(C(F)(F)F)cc(C(F)(F)F)c1. The molecule has 1 aliphatic heterocycles. The molecule has 0 bridgehead atoms. The first-order chi connectivity index (χ1) is 18.1. The fourth-order valence-corrected chi connectivity index (χ4v) is 5.07. The summed E-state index contributed by atoms with van der Waals surface area (Å²) in [7, 11) is 1.59. The number of nitrogens with zero attached hydrogens (tertiary/aromatic N) is 2. The van der Waals surface area contributed by atoms with E-state index in [4.69, 9.17) is 0 Å². The summed E-state index contributed by atoms with van der Waals surface area (Å²) in [5, 5.41) is 2.26. The van der Waals surface area contributed by atoms with Gasteiger partial charge < -0.3 is 15.1 Å². The molecule has 1 fully saturated rings. The van der Waals surface area contributed by atoms with Gasteiger partial charge >= 0.3 is 12.4 Å². The Balaban J connectivity index is 1.94. The van der Waals surface area contributed by atoms with Crippen molar-refractivity contribution < 1.29 is 35.9 Å². The van der Waals surface area contributed by atoms with E-state index in [1.165, 1.54) is 4.90 Å². The Hall–Kier alpha value is -3.08. The maximum atomic E-state index is 13.6. The second-order valence-electron chi connectivity index (χ2n) is 10.2. The van der Waals surface area contributed by atoms with Gasteiger partial charge in [-0.05, 0) is 69.1 Å². The molecule has 3 rings (SSSR count). The number of carbonyl (C=O) groups excluding carboxylic acids is 2. The van der Waals surface area contributed by atoms with Gasteiger partial charge in [-0.25, -0.2) is 0 Å². The number of amides is 2. The molecule has 0 aromatic heterocycles. The van der Waals surface area contributed by atoms with Crippen LogP contribution >= 0.6 is 0 Å². The van der Waals surface area contributed by atoms with Crippen molar-refractivity contribution in [2.45, 2.75) is 52.4 Å². The van der Waals surface area contributed by atoms with E-state index in [9.17, 15) is 35.9 Å². The number of carbonyl (C=O) groups is 2. The largest absolute Gasteiger partial charge is 0.416 e. The first-order valence-electron chi connectivity index (χ1n) is 12.8. The summed E-state index contributed by atoms with van der Waals surface area (Å²) in [6, 6.07) is 6.50. The summed E-state index contributed by atoms with van der Waals surface area (Å²) in [5.74, 6) is -3.14. The lowest BCUT2D eigenvalue weighted by Gasteiger charge is -2.34. The van der Waals surface area contributed by atoms with Crippen LogP contribution in [0.4, 0.5) is 37.7 Å². The zero-order chi connectivity index (χ0) is 29.1. The highest BCUT2D eigenvalue weighted by molar-refractivity contribution is 6.01. The number of hydrogen-bond acceptors (Lipinski definition) is 3. The Kier molecular flexibility index (Phi) is 9.35. The topological polar surface area (TPSA) is 52.7 Å². The molecule has 2 aromatic rings. The van der Waals surface area contributed by atoms with E-state index in [1.54, 1.807) is 14.0 Å². The molecule has 39 heavy (non-hydrogen) atoms. The third-order valence-corrected chi connectivity index (χ3v) is 7.19. The van der Waals surface area contributed by atoms with Gasteiger partial charge in [0.2, 0.25) is 11.8 Å². The number of anilines is 2. The van der Waals surface area contributed by atoms with Crippen molar-refractivity contribution in [1.29, 1.82) is 0 Å². The minimum absolute atomic E-state index is 0.00646. The number of likely N-dealkylation sites (tertiary alicyclic amines) is 1. The Morgan fingerprint density at radius 1 is 0.923 bits per heavy atom. The zero-order valence-corrected chi connectivity index (χ0v) is 22.3. The number of alkyl halides is 6. The van der Waals surface area contributed by atoms with Crippen LogP contribution < -0.4 is 10.2 Å². The predicted molar refractivity (Wildman–Crippen MR) is 137 cm³/mol. The second kappa shape index (κ2) is 12.0. The molecule has 0 radical (unpaired) electrons. The summed E-state index contributed by atoms with van der Waals surface area (Å²) >= 11 is 0. The minimum Gasteiger partial charge on any atom is -0.326 e. The Morgan fingerprint density at radius 2 is 1.44 bits per heavy atom. The van der Waals surface area contributed by atoms with Gasteiger partial charge in [0.1, 0.15) is 0 Å². The van der Waals surface area contributed by atoms with E-state index in [1.807, 2.05) is 36.9 Å². The number of benzene rings is 2. The second-order valence-corrected chi connectivity index (χ2v) is 10.2. The molecule has 214 valence electrons. The first kappa shape index (κ1) is 30.5. The molecule has 2 unspecified atom stereocenters. The van der Waals surface area contributed by atoms with Gasteiger partial charge in [0.15, 0.2) is 0 Å². The van der Waals surface area contributed by atoms with E-state index >= 15 is 0 Å². The van der Waals surface area contributed by atoms with E-state index in [0.717, 1.165) is 30.4 Å². The number of halogens is 6. The van der Waals surface area contributed by atoms with Crippen LogP contribution in [-0.2, 0) is 21.9 Å². The lowest BCUT2D eigenvalue weighted by Crippen LogP contribution is -2.46. The van der Waals surface area contributed by atoms with Crippen LogP contribution in [0.5, 0.6) is 0 Å². The predicted octanol–water partition coefficient (Wildman–Crippen LogP) is 6.68. The van der Waals surface area contributed by atoms with Crippen LogP contribution in [0.1, 0.15) is 48.4 Å². The van der Waals surface area contributed by atoms with Gasteiger partial charge in [-0.2, -0.15) is 26.3 Å². The fraction of sp³-hybridized carbons (Fsp3) is 0.500. The Morgan fingerprint density at radius 3 is 1.92 bits per heavy atom. The molecule has 2 aromatic carbocycles. The quantitative estimate of drug-likeness (QED) is 0.387. The molecule has 5 nitrogen and oxygen atoms in total. The van der Waals surface area contributed by atoms with Crippen LogP contribution in [0.2, 0.25) is 0 Å². The van der Waals surface area contributed by atoms with Crippen LogP contribution in [0, 0.1) is 25.7 Å². The van der Waals surface area contributed by atoms with E-state index in [-0.39, 0.29) is 18.5 Å². The molecule has 2 atom stereocenters. The first-order valence-corrected chi connectivity index (χ1v) is 12.8. The lowest BCUT2D eigenvalue weighted by atomic mass is 9.89. The third kappa shape index (κ3) is 7.52. The number of nitrogens with one attached hydrogen (secondary N) is 1. The summed E-state index contributed by atoms with van der Waals surface area (Å²) in [5.41, 5.74) is -1.32. The molecular formula is C28H33F6N3O2. The van der Waals surface area contributed by atoms with Crippen LogP contribution in [-0.4, -0.2) is 43.4 Å². The average molecular weight is 558 g/mol. The Labute approximate surface area is 224 Å². The summed E-state index contributed by atoms with van der Waals surface area (Å²) < 4.78 is 80.1.